The van der Waals surface area contributed by atoms with Crippen molar-refractivity contribution in [2.45, 2.75) is 33.6 Å². The van der Waals surface area contributed by atoms with E-state index in [4.69, 9.17) is 9.47 Å². The summed E-state index contributed by atoms with van der Waals surface area (Å²) in [5, 5.41) is 18.9. The molecule has 0 amide bonds. The molecule has 8 nitrogen and oxygen atoms in total. The molecule has 0 radical (unpaired) electrons. The van der Waals surface area contributed by atoms with Crippen LogP contribution in [0.3, 0.4) is 0 Å². The fourth-order valence-electron chi connectivity index (χ4n) is 2.74. The molecule has 0 fully saturated rings. The molecule has 162 valence electrons. The second kappa shape index (κ2) is 10.4. The number of carbonyl (C=O) groups is 4. The monoisotopic (exact) mass is 418 g/mol. The molecule has 0 aliphatic heterocycles. The number of hydrogen-bond donors (Lipinski definition) is 2. The Morgan fingerprint density at radius 2 is 1.43 bits per heavy atom. The van der Waals surface area contributed by atoms with Gasteiger partial charge in [-0.1, -0.05) is 32.2 Å². The fourth-order valence-corrected chi connectivity index (χ4v) is 2.74. The lowest BCUT2D eigenvalue weighted by molar-refractivity contribution is -0.149. The number of ether oxygens (including phenoxy) is 2. The number of rotatable bonds is 11. The van der Waals surface area contributed by atoms with Crippen LogP contribution in [0, 0.1) is 5.41 Å². The summed E-state index contributed by atoms with van der Waals surface area (Å²) in [6.45, 7) is 11.4. The smallest absolute Gasteiger partial charge is 0.336 e. The first kappa shape index (κ1) is 24.6. The summed E-state index contributed by atoms with van der Waals surface area (Å²) >= 11 is 0. The van der Waals surface area contributed by atoms with Gasteiger partial charge in [0.05, 0.1) is 11.1 Å². The molecule has 0 heterocycles. The first-order chi connectivity index (χ1) is 13.9. The molecule has 8 heteroatoms. The predicted molar refractivity (Wildman–Crippen MR) is 108 cm³/mol. The minimum absolute atomic E-state index is 0.000799. The van der Waals surface area contributed by atoms with Crippen LogP contribution >= 0.6 is 0 Å². The third-order valence-corrected chi connectivity index (χ3v) is 4.63. The number of benzene rings is 1. The maximum absolute atomic E-state index is 11.9. The molecule has 0 atom stereocenters. The number of esters is 2. The number of carboxylic acids is 2. The van der Waals surface area contributed by atoms with Gasteiger partial charge in [0.15, 0.2) is 0 Å². The Morgan fingerprint density at radius 1 is 0.933 bits per heavy atom. The number of carboxylic acid groups (broad SMARTS) is 2. The summed E-state index contributed by atoms with van der Waals surface area (Å²) in [7, 11) is 0. The van der Waals surface area contributed by atoms with Gasteiger partial charge in [-0.05, 0) is 38.3 Å². The van der Waals surface area contributed by atoms with E-state index in [9.17, 15) is 29.4 Å². The van der Waals surface area contributed by atoms with Crippen LogP contribution in [0.15, 0.2) is 42.5 Å². The normalized spacial score (nSPS) is 10.8. The second-order valence-electron chi connectivity index (χ2n) is 7.19. The topological polar surface area (TPSA) is 127 Å². The standard InChI is InChI=1S/C22H26O8/c1-6-22(11-29-20(27)13(2)3,12-30-21(28)14(4)5)10-15-8-7-9-16(18(23)24)17(15)19(25)26/h7-9H,2,4,6,10-12H2,1,3,5H3,(H,23,24)(H,25,26). The molecule has 0 saturated carbocycles. The molecule has 0 saturated heterocycles. The lowest BCUT2D eigenvalue weighted by Crippen LogP contribution is -2.37. The Kier molecular flexibility index (Phi) is 8.52. The largest absolute Gasteiger partial charge is 0.478 e. The average Bonchev–Trinajstić information content (AvgIpc) is 2.68. The van der Waals surface area contributed by atoms with Crippen LogP contribution in [0.5, 0.6) is 0 Å². The second-order valence-corrected chi connectivity index (χ2v) is 7.19. The summed E-state index contributed by atoms with van der Waals surface area (Å²) in [4.78, 5) is 47.1. The van der Waals surface area contributed by atoms with Crippen LogP contribution < -0.4 is 0 Å². The zero-order valence-corrected chi connectivity index (χ0v) is 17.3. The molecule has 0 aromatic heterocycles. The van der Waals surface area contributed by atoms with Gasteiger partial charge >= 0.3 is 23.9 Å². The van der Waals surface area contributed by atoms with Crippen molar-refractivity contribution in [3.05, 3.63) is 59.2 Å². The Balaban J connectivity index is 3.38. The SMILES string of the molecule is C=C(C)C(=O)OCC(CC)(COC(=O)C(=C)C)Cc1cccc(C(=O)O)c1C(=O)O. The van der Waals surface area contributed by atoms with Crippen LogP contribution in [-0.4, -0.2) is 47.3 Å². The van der Waals surface area contributed by atoms with E-state index >= 15 is 0 Å². The van der Waals surface area contributed by atoms with Crippen molar-refractivity contribution in [1.29, 1.82) is 0 Å². The molecular formula is C22H26O8. The van der Waals surface area contributed by atoms with Gasteiger partial charge in [0.1, 0.15) is 13.2 Å². The van der Waals surface area contributed by atoms with Gasteiger partial charge in [-0.2, -0.15) is 0 Å². The first-order valence-corrected chi connectivity index (χ1v) is 9.18. The number of aromatic carboxylic acids is 2. The molecule has 1 aromatic carbocycles. The lowest BCUT2D eigenvalue weighted by atomic mass is 9.78. The van der Waals surface area contributed by atoms with E-state index in [-0.39, 0.29) is 47.5 Å². The van der Waals surface area contributed by atoms with Crippen molar-refractivity contribution >= 4 is 23.9 Å². The zero-order valence-electron chi connectivity index (χ0n) is 17.3. The maximum atomic E-state index is 11.9. The van der Waals surface area contributed by atoms with Crippen LogP contribution in [0.2, 0.25) is 0 Å². The van der Waals surface area contributed by atoms with E-state index in [1.165, 1.54) is 32.0 Å². The van der Waals surface area contributed by atoms with Gasteiger partial charge in [0.25, 0.3) is 0 Å². The molecule has 0 spiro atoms. The fraction of sp³-hybridized carbons (Fsp3) is 0.364. The van der Waals surface area contributed by atoms with Gasteiger partial charge < -0.3 is 19.7 Å². The van der Waals surface area contributed by atoms with Crippen LogP contribution in [0.1, 0.15) is 53.5 Å². The molecule has 0 aliphatic rings. The Hall–Kier alpha value is -3.42. The van der Waals surface area contributed by atoms with E-state index in [1.807, 2.05) is 0 Å². The van der Waals surface area contributed by atoms with E-state index < -0.39 is 29.3 Å². The Labute approximate surface area is 174 Å². The predicted octanol–water partition coefficient (Wildman–Crippen LogP) is 3.26. The van der Waals surface area contributed by atoms with E-state index in [0.717, 1.165) is 0 Å². The van der Waals surface area contributed by atoms with Crippen molar-refractivity contribution in [3.8, 4) is 0 Å². The van der Waals surface area contributed by atoms with Gasteiger partial charge in [-0.15, -0.1) is 0 Å². The van der Waals surface area contributed by atoms with Crippen LogP contribution in [0.4, 0.5) is 0 Å². The summed E-state index contributed by atoms with van der Waals surface area (Å²) in [6.07, 6.45) is 0.343. The number of carbonyl (C=O) groups excluding carboxylic acids is 2. The Morgan fingerprint density at radius 3 is 1.80 bits per heavy atom. The maximum Gasteiger partial charge on any atom is 0.336 e. The molecular weight excluding hydrogens is 392 g/mol. The van der Waals surface area contributed by atoms with Crippen molar-refractivity contribution < 1.29 is 38.9 Å². The highest BCUT2D eigenvalue weighted by Crippen LogP contribution is 2.31. The van der Waals surface area contributed by atoms with Gasteiger partial charge in [-0.25, -0.2) is 19.2 Å². The third-order valence-electron chi connectivity index (χ3n) is 4.63. The van der Waals surface area contributed by atoms with E-state index in [0.29, 0.717) is 6.42 Å². The van der Waals surface area contributed by atoms with Gasteiger partial charge in [-0.3, -0.25) is 0 Å². The molecule has 1 aromatic rings. The van der Waals surface area contributed by atoms with Crippen molar-refractivity contribution in [3.63, 3.8) is 0 Å². The summed E-state index contributed by atoms with van der Waals surface area (Å²) in [6, 6.07) is 4.12. The third kappa shape index (κ3) is 6.30. The molecule has 0 aliphatic carbocycles. The highest BCUT2D eigenvalue weighted by Gasteiger charge is 2.35. The van der Waals surface area contributed by atoms with Crippen LogP contribution in [0.25, 0.3) is 0 Å². The highest BCUT2D eigenvalue weighted by molar-refractivity contribution is 6.02. The first-order valence-electron chi connectivity index (χ1n) is 9.18. The summed E-state index contributed by atoms with van der Waals surface area (Å²) in [5.41, 5.74) is -1.13. The molecule has 2 N–H and O–H groups in total. The number of hydrogen-bond acceptors (Lipinski definition) is 6. The average molecular weight is 418 g/mol. The van der Waals surface area contributed by atoms with Gasteiger partial charge in [0, 0.05) is 16.6 Å². The summed E-state index contributed by atoms with van der Waals surface area (Å²) < 4.78 is 10.6. The molecule has 1 rings (SSSR count). The summed E-state index contributed by atoms with van der Waals surface area (Å²) in [5.74, 6) is -4.06. The van der Waals surface area contributed by atoms with Crippen LogP contribution in [-0.2, 0) is 25.5 Å². The zero-order chi connectivity index (χ0) is 23.1. The van der Waals surface area contributed by atoms with E-state index in [1.54, 1.807) is 6.92 Å². The Bertz CT molecular complexity index is 851. The van der Waals surface area contributed by atoms with Crippen molar-refractivity contribution in [2.24, 2.45) is 5.41 Å². The van der Waals surface area contributed by atoms with E-state index in [2.05, 4.69) is 13.2 Å². The lowest BCUT2D eigenvalue weighted by Gasteiger charge is -2.32. The quantitative estimate of drug-likeness (QED) is 0.414. The molecule has 30 heavy (non-hydrogen) atoms. The molecule has 0 bridgehead atoms. The van der Waals surface area contributed by atoms with Gasteiger partial charge in [0.2, 0.25) is 0 Å². The molecule has 0 unspecified atom stereocenters. The minimum Gasteiger partial charge on any atom is -0.478 e. The van der Waals surface area contributed by atoms with Crippen molar-refractivity contribution in [1.82, 2.24) is 0 Å². The highest BCUT2D eigenvalue weighted by atomic mass is 16.5. The van der Waals surface area contributed by atoms with Crippen molar-refractivity contribution in [2.75, 3.05) is 13.2 Å². The minimum atomic E-state index is -1.40.